The van der Waals surface area contributed by atoms with Crippen molar-refractivity contribution in [1.29, 1.82) is 0 Å². The summed E-state index contributed by atoms with van der Waals surface area (Å²) in [6.45, 7) is 0. The molecule has 3 nitrogen and oxygen atoms in total. The summed E-state index contributed by atoms with van der Waals surface area (Å²) < 4.78 is 0. The van der Waals surface area contributed by atoms with E-state index < -0.39 is 0 Å². The van der Waals surface area contributed by atoms with E-state index in [1.807, 2.05) is 24.4 Å². The lowest BCUT2D eigenvalue weighted by Crippen LogP contribution is -1.92. The molecule has 1 aromatic carbocycles. The van der Waals surface area contributed by atoms with Crippen molar-refractivity contribution in [2.75, 3.05) is 0 Å². The monoisotopic (exact) mass is 301 g/mol. The Bertz CT molecular complexity index is 872. The van der Waals surface area contributed by atoms with Crippen LogP contribution in [0.4, 0.5) is 0 Å². The highest BCUT2D eigenvalue weighted by Crippen LogP contribution is 2.22. The number of H-pyrrole nitrogens is 1. The van der Waals surface area contributed by atoms with Gasteiger partial charge in [-0.05, 0) is 30.9 Å². The van der Waals surface area contributed by atoms with Crippen molar-refractivity contribution >= 4 is 11.2 Å². The number of benzene rings is 1. The molecule has 1 aliphatic carbocycles. The summed E-state index contributed by atoms with van der Waals surface area (Å²) in [6, 6.07) is 12.4. The van der Waals surface area contributed by atoms with Crippen LogP contribution in [0.15, 0.2) is 66.4 Å². The van der Waals surface area contributed by atoms with E-state index in [9.17, 15) is 0 Å². The van der Waals surface area contributed by atoms with Crippen molar-refractivity contribution in [2.24, 2.45) is 0 Å². The van der Waals surface area contributed by atoms with Crippen LogP contribution in [0.5, 0.6) is 0 Å². The summed E-state index contributed by atoms with van der Waals surface area (Å²) in [5.74, 6) is 1.01. The van der Waals surface area contributed by atoms with Crippen LogP contribution in [-0.2, 0) is 6.42 Å². The van der Waals surface area contributed by atoms with Gasteiger partial charge in [0.2, 0.25) is 0 Å². The Labute approximate surface area is 135 Å². The second-order valence-corrected chi connectivity index (χ2v) is 5.90. The predicted octanol–water partition coefficient (Wildman–Crippen LogP) is 4.83. The first-order valence-corrected chi connectivity index (χ1v) is 8.14. The third-order valence-corrected chi connectivity index (χ3v) is 4.22. The highest BCUT2D eigenvalue weighted by molar-refractivity contribution is 5.78. The van der Waals surface area contributed by atoms with E-state index in [0.717, 1.165) is 41.8 Å². The molecule has 23 heavy (non-hydrogen) atoms. The van der Waals surface area contributed by atoms with E-state index in [1.54, 1.807) is 0 Å². The molecule has 0 saturated carbocycles. The van der Waals surface area contributed by atoms with Gasteiger partial charge in [-0.1, -0.05) is 54.1 Å². The van der Waals surface area contributed by atoms with Crippen molar-refractivity contribution in [3.05, 3.63) is 72.2 Å². The maximum Gasteiger partial charge on any atom is 0.177 e. The van der Waals surface area contributed by atoms with Gasteiger partial charge >= 0.3 is 0 Å². The molecule has 2 heterocycles. The number of hydrogen-bond acceptors (Lipinski definition) is 2. The summed E-state index contributed by atoms with van der Waals surface area (Å²) >= 11 is 0. The second kappa shape index (κ2) is 6.21. The van der Waals surface area contributed by atoms with Crippen LogP contribution in [0, 0.1) is 0 Å². The normalized spacial score (nSPS) is 14.2. The fraction of sp³-hybridized carbons (Fsp3) is 0.200. The summed E-state index contributed by atoms with van der Waals surface area (Å²) in [7, 11) is 0. The molecule has 1 aliphatic rings. The minimum Gasteiger partial charge on any atom is -0.341 e. The first kappa shape index (κ1) is 13.9. The molecular formula is C20H19N3. The van der Waals surface area contributed by atoms with Crippen LogP contribution in [0.3, 0.4) is 0 Å². The molecule has 0 saturated heterocycles. The van der Waals surface area contributed by atoms with Crippen LogP contribution in [0.1, 0.15) is 25.1 Å². The van der Waals surface area contributed by atoms with Gasteiger partial charge in [0, 0.05) is 18.2 Å². The number of aromatic nitrogens is 3. The lowest BCUT2D eigenvalue weighted by atomic mass is 10.0. The third kappa shape index (κ3) is 3.09. The van der Waals surface area contributed by atoms with Gasteiger partial charge in [-0.2, -0.15) is 0 Å². The smallest absolute Gasteiger partial charge is 0.177 e. The molecule has 0 aliphatic heterocycles. The van der Waals surface area contributed by atoms with Crippen molar-refractivity contribution in [3.63, 3.8) is 0 Å². The number of aromatic amines is 1. The van der Waals surface area contributed by atoms with E-state index in [0.29, 0.717) is 0 Å². The molecule has 0 fully saturated rings. The Morgan fingerprint density at radius 3 is 2.74 bits per heavy atom. The zero-order chi connectivity index (χ0) is 15.5. The van der Waals surface area contributed by atoms with Gasteiger partial charge in [0.25, 0.3) is 0 Å². The molecule has 0 atom stereocenters. The lowest BCUT2D eigenvalue weighted by Gasteiger charge is -2.04. The molecule has 114 valence electrons. The molecule has 0 bridgehead atoms. The number of allylic oxidation sites excluding steroid dienone is 4. The van der Waals surface area contributed by atoms with Gasteiger partial charge in [0.1, 0.15) is 5.82 Å². The molecule has 0 unspecified atom stereocenters. The molecule has 3 heteroatoms. The number of aryl methyl sites for hydroxylation is 1. The highest BCUT2D eigenvalue weighted by Gasteiger charge is 2.07. The van der Waals surface area contributed by atoms with Gasteiger partial charge < -0.3 is 4.98 Å². The lowest BCUT2D eigenvalue weighted by molar-refractivity contribution is 0.872. The average molecular weight is 301 g/mol. The molecule has 3 aromatic rings. The second-order valence-electron chi connectivity index (χ2n) is 5.90. The molecular weight excluding hydrogens is 282 g/mol. The average Bonchev–Trinajstić information content (AvgIpc) is 3.04. The van der Waals surface area contributed by atoms with E-state index in [1.165, 1.54) is 17.6 Å². The number of rotatable bonds is 4. The largest absolute Gasteiger partial charge is 0.341 e. The fourth-order valence-electron chi connectivity index (χ4n) is 2.97. The van der Waals surface area contributed by atoms with Crippen LogP contribution >= 0.6 is 0 Å². The maximum absolute atomic E-state index is 4.61. The van der Waals surface area contributed by atoms with Crippen molar-refractivity contribution in [3.8, 4) is 11.1 Å². The van der Waals surface area contributed by atoms with Crippen molar-refractivity contribution in [2.45, 2.75) is 25.7 Å². The molecule has 1 N–H and O–H groups in total. The SMILES string of the molecule is C1=CC(CCc2nc3ncc(-c4ccccc4)cc3[nH]2)=CCC1. The Kier molecular flexibility index (Phi) is 3.76. The first-order chi connectivity index (χ1) is 11.4. The number of pyridine rings is 1. The molecule has 0 radical (unpaired) electrons. The molecule has 2 aromatic heterocycles. The van der Waals surface area contributed by atoms with Crippen molar-refractivity contribution < 1.29 is 0 Å². The van der Waals surface area contributed by atoms with Crippen LogP contribution in [0.25, 0.3) is 22.3 Å². The Morgan fingerprint density at radius 1 is 1.00 bits per heavy atom. The highest BCUT2D eigenvalue weighted by atomic mass is 15.0. The van der Waals surface area contributed by atoms with Crippen LogP contribution in [0.2, 0.25) is 0 Å². The fourth-order valence-corrected chi connectivity index (χ4v) is 2.97. The van der Waals surface area contributed by atoms with Gasteiger partial charge in [-0.15, -0.1) is 0 Å². The Morgan fingerprint density at radius 2 is 1.91 bits per heavy atom. The van der Waals surface area contributed by atoms with E-state index in [2.05, 4.69) is 51.4 Å². The molecule has 0 amide bonds. The third-order valence-electron chi connectivity index (χ3n) is 4.22. The quantitative estimate of drug-likeness (QED) is 0.749. The van der Waals surface area contributed by atoms with Gasteiger partial charge in [0.05, 0.1) is 5.52 Å². The van der Waals surface area contributed by atoms with Crippen LogP contribution in [-0.4, -0.2) is 15.0 Å². The topological polar surface area (TPSA) is 41.6 Å². The standard InChI is InChI=1S/C20H19N3/c1-3-7-15(8-4-1)11-12-19-22-18-13-17(14-21-20(18)23-19)16-9-5-2-6-10-16/h2-3,5-10,13-14H,1,4,11-12H2,(H,21,22,23). The minimum absolute atomic E-state index is 0.799. The van der Waals surface area contributed by atoms with Gasteiger partial charge in [-0.3, -0.25) is 0 Å². The minimum atomic E-state index is 0.799. The van der Waals surface area contributed by atoms with Crippen molar-refractivity contribution in [1.82, 2.24) is 15.0 Å². The van der Waals surface area contributed by atoms with E-state index >= 15 is 0 Å². The number of imidazole rings is 1. The first-order valence-electron chi connectivity index (χ1n) is 8.14. The van der Waals surface area contributed by atoms with E-state index in [-0.39, 0.29) is 0 Å². The summed E-state index contributed by atoms with van der Waals surface area (Å²) in [5, 5.41) is 0. The number of nitrogens with zero attached hydrogens (tertiary/aromatic N) is 2. The zero-order valence-electron chi connectivity index (χ0n) is 13.0. The summed E-state index contributed by atoms with van der Waals surface area (Å²) in [4.78, 5) is 12.5. The summed E-state index contributed by atoms with van der Waals surface area (Å²) in [6.07, 6.45) is 13.0. The Balaban J connectivity index is 1.56. The predicted molar refractivity (Wildman–Crippen MR) is 94.1 cm³/mol. The maximum atomic E-state index is 4.61. The molecule has 4 rings (SSSR count). The zero-order valence-corrected chi connectivity index (χ0v) is 13.0. The van der Waals surface area contributed by atoms with E-state index in [4.69, 9.17) is 0 Å². The van der Waals surface area contributed by atoms with Crippen LogP contribution < -0.4 is 0 Å². The number of fused-ring (bicyclic) bond motifs is 1. The van der Waals surface area contributed by atoms with Gasteiger partial charge in [0.15, 0.2) is 5.65 Å². The number of nitrogens with one attached hydrogen (secondary N) is 1. The summed E-state index contributed by atoms with van der Waals surface area (Å²) in [5.41, 5.74) is 5.51. The van der Waals surface area contributed by atoms with Gasteiger partial charge in [-0.25, -0.2) is 9.97 Å². The molecule has 0 spiro atoms. The Hall–Kier alpha value is -2.68. The number of hydrogen-bond donors (Lipinski definition) is 1.